The molecule has 3 atom stereocenters. The van der Waals surface area contributed by atoms with Gasteiger partial charge in [-0.1, -0.05) is 78.9 Å². The molecule has 29 heavy (non-hydrogen) atoms. The summed E-state index contributed by atoms with van der Waals surface area (Å²) < 4.78 is 0. The number of hydrogen-bond acceptors (Lipinski definition) is 2. The van der Waals surface area contributed by atoms with Crippen LogP contribution in [0.5, 0.6) is 0 Å². The fraction of sp³-hybridized carbons (Fsp3) is 0.269. The monoisotopic (exact) mass is 382 g/mol. The summed E-state index contributed by atoms with van der Waals surface area (Å²) >= 11 is 0. The van der Waals surface area contributed by atoms with Crippen molar-refractivity contribution in [3.8, 4) is 11.1 Å². The Morgan fingerprint density at radius 2 is 1.55 bits per heavy atom. The molecule has 0 aliphatic carbocycles. The number of aryl methyl sites for hydroxylation is 1. The second-order valence-corrected chi connectivity index (χ2v) is 8.30. The minimum Gasteiger partial charge on any atom is -0.339 e. The van der Waals surface area contributed by atoms with E-state index in [9.17, 15) is 4.79 Å². The van der Waals surface area contributed by atoms with Gasteiger partial charge in [-0.25, -0.2) is 0 Å². The van der Waals surface area contributed by atoms with Crippen LogP contribution < -0.4 is 5.32 Å². The van der Waals surface area contributed by atoms with Crippen LogP contribution in [0, 0.1) is 6.92 Å². The van der Waals surface area contributed by atoms with Crippen LogP contribution in [0.15, 0.2) is 78.9 Å². The average Bonchev–Trinajstić information content (AvgIpc) is 2.75. The Morgan fingerprint density at radius 1 is 0.897 bits per heavy atom. The maximum absolute atomic E-state index is 12.7. The quantitative estimate of drug-likeness (QED) is 0.734. The highest BCUT2D eigenvalue weighted by Gasteiger charge is 2.47. The van der Waals surface area contributed by atoms with Crippen molar-refractivity contribution < 1.29 is 4.79 Å². The molecule has 1 unspecified atom stereocenters. The number of piperazine rings is 1. The summed E-state index contributed by atoms with van der Waals surface area (Å²) in [6, 6.07) is 28.3. The van der Waals surface area contributed by atoms with Gasteiger partial charge in [-0.05, 0) is 34.7 Å². The molecule has 0 spiro atoms. The standard InChI is InChI=1S/C26H26N2O/c1-18-7-5-6-10-22(18)20-11-13-21(14-12-20)26-23-16-28(17-24(26)27-23)25(29)15-19-8-3-2-4-9-19/h2-14,23-24,26-27H,15-17H2,1H3/t23-,24+,26?. The van der Waals surface area contributed by atoms with Gasteiger partial charge in [0.1, 0.15) is 0 Å². The molecule has 3 saturated heterocycles. The zero-order chi connectivity index (χ0) is 19.8. The summed E-state index contributed by atoms with van der Waals surface area (Å²) in [5.74, 6) is 0.739. The predicted octanol–water partition coefficient (Wildman–Crippen LogP) is 4.17. The topological polar surface area (TPSA) is 32.3 Å². The maximum Gasteiger partial charge on any atom is 0.227 e. The number of carbonyl (C=O) groups excluding carboxylic acids is 1. The summed E-state index contributed by atoms with van der Waals surface area (Å²) in [7, 11) is 0. The molecule has 1 N–H and O–H groups in total. The molecule has 3 heterocycles. The minimum absolute atomic E-state index is 0.237. The van der Waals surface area contributed by atoms with Crippen molar-refractivity contribution in [1.82, 2.24) is 10.2 Å². The highest BCUT2D eigenvalue weighted by atomic mass is 16.2. The van der Waals surface area contributed by atoms with E-state index >= 15 is 0 Å². The lowest BCUT2D eigenvalue weighted by molar-refractivity contribution is -0.135. The third kappa shape index (κ3) is 3.47. The normalized spacial score (nSPS) is 22.8. The van der Waals surface area contributed by atoms with E-state index in [0.717, 1.165) is 18.7 Å². The first-order valence-electron chi connectivity index (χ1n) is 10.4. The van der Waals surface area contributed by atoms with Crippen LogP contribution in [0.1, 0.15) is 22.6 Å². The van der Waals surface area contributed by atoms with Crippen LogP contribution in [-0.4, -0.2) is 36.0 Å². The van der Waals surface area contributed by atoms with Crippen LogP contribution in [-0.2, 0) is 11.2 Å². The van der Waals surface area contributed by atoms with Crippen molar-refractivity contribution in [2.75, 3.05) is 13.1 Å². The maximum atomic E-state index is 12.7. The molecule has 2 bridgehead atoms. The van der Waals surface area contributed by atoms with Crippen LogP contribution in [0.25, 0.3) is 11.1 Å². The van der Waals surface area contributed by atoms with Gasteiger partial charge in [-0.2, -0.15) is 0 Å². The zero-order valence-corrected chi connectivity index (χ0v) is 16.7. The first-order valence-corrected chi connectivity index (χ1v) is 10.4. The van der Waals surface area contributed by atoms with E-state index in [1.54, 1.807) is 0 Å². The van der Waals surface area contributed by atoms with E-state index in [-0.39, 0.29) is 5.91 Å². The minimum atomic E-state index is 0.237. The van der Waals surface area contributed by atoms with Crippen molar-refractivity contribution in [2.45, 2.75) is 31.3 Å². The second kappa shape index (κ2) is 7.49. The number of fused-ring (bicyclic) bond motifs is 2. The number of nitrogens with zero attached hydrogens (tertiary/aromatic N) is 1. The third-order valence-corrected chi connectivity index (χ3v) is 6.43. The van der Waals surface area contributed by atoms with Gasteiger partial charge >= 0.3 is 0 Å². The molecule has 3 aromatic carbocycles. The van der Waals surface area contributed by atoms with E-state index in [1.807, 2.05) is 35.2 Å². The summed E-state index contributed by atoms with van der Waals surface area (Å²) in [6.45, 7) is 3.75. The van der Waals surface area contributed by atoms with E-state index in [1.165, 1.54) is 22.3 Å². The molecule has 3 fully saturated rings. The van der Waals surface area contributed by atoms with Crippen LogP contribution in [0.2, 0.25) is 0 Å². The van der Waals surface area contributed by atoms with E-state index < -0.39 is 0 Å². The molecule has 3 aliphatic rings. The number of hydrogen-bond donors (Lipinski definition) is 1. The summed E-state index contributed by atoms with van der Waals surface area (Å²) in [4.78, 5) is 14.7. The van der Waals surface area contributed by atoms with Crippen LogP contribution in [0.3, 0.4) is 0 Å². The largest absolute Gasteiger partial charge is 0.339 e. The van der Waals surface area contributed by atoms with Gasteiger partial charge in [0.25, 0.3) is 0 Å². The fourth-order valence-corrected chi connectivity index (χ4v) is 4.86. The molecule has 0 aromatic heterocycles. The average molecular weight is 383 g/mol. The van der Waals surface area contributed by atoms with Crippen molar-refractivity contribution in [3.63, 3.8) is 0 Å². The van der Waals surface area contributed by atoms with Gasteiger partial charge in [-0.3, -0.25) is 4.79 Å². The molecule has 3 aliphatic heterocycles. The van der Waals surface area contributed by atoms with Crippen LogP contribution in [0.4, 0.5) is 0 Å². The summed E-state index contributed by atoms with van der Waals surface area (Å²) in [6.07, 6.45) is 0.496. The molecular formula is C26H26N2O. The molecule has 1 amide bonds. The molecule has 146 valence electrons. The molecule has 3 heteroatoms. The second-order valence-electron chi connectivity index (χ2n) is 8.30. The van der Waals surface area contributed by atoms with Gasteiger partial charge in [0, 0.05) is 31.1 Å². The SMILES string of the molecule is Cc1ccccc1-c1ccc(C2[C@@H]3CN(C(=O)Cc4ccccc4)C[C@H]2N3)cc1. The number of benzene rings is 3. The lowest BCUT2D eigenvalue weighted by atomic mass is 9.74. The highest BCUT2D eigenvalue weighted by molar-refractivity contribution is 5.79. The smallest absolute Gasteiger partial charge is 0.227 e. The number of rotatable bonds is 4. The van der Waals surface area contributed by atoms with Crippen LogP contribution >= 0.6 is 0 Å². The summed E-state index contributed by atoms with van der Waals surface area (Å²) in [5, 5.41) is 3.64. The number of amides is 1. The Balaban J connectivity index is 1.26. The molecule has 3 aromatic rings. The predicted molar refractivity (Wildman–Crippen MR) is 117 cm³/mol. The summed E-state index contributed by atoms with van der Waals surface area (Å²) in [5.41, 5.74) is 6.34. The molecular weight excluding hydrogens is 356 g/mol. The Hall–Kier alpha value is -2.91. The molecule has 0 saturated carbocycles. The Kier molecular flexibility index (Phi) is 4.69. The van der Waals surface area contributed by atoms with E-state index in [2.05, 4.69) is 60.8 Å². The number of nitrogens with one attached hydrogen (secondary N) is 1. The zero-order valence-electron chi connectivity index (χ0n) is 16.7. The Labute approximate surface area is 172 Å². The first kappa shape index (κ1) is 18.1. The first-order chi connectivity index (χ1) is 14.2. The molecule has 0 radical (unpaired) electrons. The number of piperidine rings is 1. The van der Waals surface area contributed by atoms with Gasteiger partial charge in [0.15, 0.2) is 0 Å². The van der Waals surface area contributed by atoms with Crippen molar-refractivity contribution in [1.29, 1.82) is 0 Å². The number of carbonyl (C=O) groups is 1. The van der Waals surface area contributed by atoms with Gasteiger partial charge in [-0.15, -0.1) is 0 Å². The highest BCUT2D eigenvalue weighted by Crippen LogP contribution is 2.37. The van der Waals surface area contributed by atoms with E-state index in [4.69, 9.17) is 0 Å². The third-order valence-electron chi connectivity index (χ3n) is 6.43. The fourth-order valence-electron chi connectivity index (χ4n) is 4.86. The van der Waals surface area contributed by atoms with Crippen molar-refractivity contribution >= 4 is 5.91 Å². The van der Waals surface area contributed by atoms with Crippen molar-refractivity contribution in [2.24, 2.45) is 0 Å². The molecule has 3 nitrogen and oxygen atoms in total. The van der Waals surface area contributed by atoms with Crippen molar-refractivity contribution in [3.05, 3.63) is 95.6 Å². The Bertz CT molecular complexity index is 1000. The Morgan fingerprint density at radius 3 is 2.24 bits per heavy atom. The van der Waals surface area contributed by atoms with E-state index in [0.29, 0.717) is 24.4 Å². The molecule has 6 rings (SSSR count). The lowest BCUT2D eigenvalue weighted by Gasteiger charge is -2.55. The van der Waals surface area contributed by atoms with Gasteiger partial charge < -0.3 is 10.2 Å². The van der Waals surface area contributed by atoms with Gasteiger partial charge in [0.2, 0.25) is 5.91 Å². The lowest BCUT2D eigenvalue weighted by Crippen LogP contribution is -2.72. The van der Waals surface area contributed by atoms with Gasteiger partial charge in [0.05, 0.1) is 6.42 Å².